The summed E-state index contributed by atoms with van der Waals surface area (Å²) >= 11 is 0. The third kappa shape index (κ3) is 10.4. The van der Waals surface area contributed by atoms with Gasteiger partial charge in [0.25, 0.3) is 0 Å². The molecular weight excluding hydrogens is 472 g/mol. The molecule has 0 aromatic carbocycles. The summed E-state index contributed by atoms with van der Waals surface area (Å²) in [5.74, 6) is -4.01. The molecule has 1 saturated heterocycles. The average Bonchev–Trinajstić information content (AvgIpc) is 2.78. The molecule has 0 aliphatic carbocycles. The van der Waals surface area contributed by atoms with Crippen molar-refractivity contribution in [3.63, 3.8) is 0 Å². The second-order valence-corrected chi connectivity index (χ2v) is 9.54. The molecule has 0 spiro atoms. The molecule has 36 heavy (non-hydrogen) atoms. The Bertz CT molecular complexity index is 617. The quantitative estimate of drug-likeness (QED) is 0.287. The molecule has 1 heterocycles. The summed E-state index contributed by atoms with van der Waals surface area (Å²) in [5, 5.41) is 38.5. The number of aliphatic carboxylic acids is 4. The highest BCUT2D eigenvalue weighted by Gasteiger charge is 2.34. The fraction of sp³-hybridized carbons (Fsp3) is 0.833. The fourth-order valence-corrected chi connectivity index (χ4v) is 5.16. The van der Waals surface area contributed by atoms with Crippen molar-refractivity contribution in [2.75, 3.05) is 52.4 Å². The zero-order valence-corrected chi connectivity index (χ0v) is 22.0. The van der Waals surface area contributed by atoms with Crippen LogP contribution in [0.3, 0.4) is 0 Å². The SMILES string of the molecule is CCC1CN(CC(=O)O)C(CC)CN(CC(=O)O)[C@@H](CC)CN(CC(=O)O)C(CC)CN1CC(=O)O. The van der Waals surface area contributed by atoms with Crippen molar-refractivity contribution in [2.24, 2.45) is 0 Å². The highest BCUT2D eigenvalue weighted by atomic mass is 16.4. The van der Waals surface area contributed by atoms with E-state index in [4.69, 9.17) is 0 Å². The van der Waals surface area contributed by atoms with Crippen LogP contribution in [0.4, 0.5) is 0 Å². The van der Waals surface area contributed by atoms with E-state index in [0.717, 1.165) is 0 Å². The normalized spacial score (nSPS) is 26.1. The summed E-state index contributed by atoms with van der Waals surface area (Å²) in [6.45, 7) is 7.96. The van der Waals surface area contributed by atoms with Crippen LogP contribution in [0.25, 0.3) is 0 Å². The fourth-order valence-electron chi connectivity index (χ4n) is 5.16. The van der Waals surface area contributed by atoms with Crippen molar-refractivity contribution in [1.29, 1.82) is 0 Å². The van der Waals surface area contributed by atoms with E-state index in [9.17, 15) is 39.6 Å². The van der Waals surface area contributed by atoms with E-state index in [2.05, 4.69) is 0 Å². The molecule has 12 nitrogen and oxygen atoms in total. The molecule has 0 amide bonds. The van der Waals surface area contributed by atoms with Gasteiger partial charge < -0.3 is 20.4 Å². The maximum atomic E-state index is 11.8. The Morgan fingerprint density at radius 1 is 0.472 bits per heavy atom. The third-order valence-corrected chi connectivity index (χ3v) is 7.09. The third-order valence-electron chi connectivity index (χ3n) is 7.09. The van der Waals surface area contributed by atoms with Crippen molar-refractivity contribution in [3.8, 4) is 0 Å². The molecule has 4 N–H and O–H groups in total. The zero-order valence-electron chi connectivity index (χ0n) is 22.0. The van der Waals surface area contributed by atoms with Crippen molar-refractivity contribution in [3.05, 3.63) is 0 Å². The summed E-state index contributed by atoms with van der Waals surface area (Å²) in [6, 6.07) is -1.09. The molecule has 3 unspecified atom stereocenters. The van der Waals surface area contributed by atoms with Crippen molar-refractivity contribution >= 4 is 23.9 Å². The first-order valence-electron chi connectivity index (χ1n) is 12.8. The Hall–Kier alpha value is -2.28. The van der Waals surface area contributed by atoms with Crippen LogP contribution in [-0.4, -0.2) is 140 Å². The predicted octanol–water partition coefficient (Wildman–Crippen LogP) is 0.661. The summed E-state index contributed by atoms with van der Waals surface area (Å²) in [4.78, 5) is 54.3. The van der Waals surface area contributed by atoms with Crippen molar-refractivity contribution < 1.29 is 39.6 Å². The van der Waals surface area contributed by atoms with Gasteiger partial charge in [-0.05, 0) is 25.7 Å². The molecule has 0 bridgehead atoms. The minimum Gasteiger partial charge on any atom is -0.480 e. The van der Waals surface area contributed by atoms with Gasteiger partial charge >= 0.3 is 23.9 Å². The van der Waals surface area contributed by atoms with Crippen LogP contribution in [-0.2, 0) is 19.2 Å². The highest BCUT2D eigenvalue weighted by Crippen LogP contribution is 2.20. The molecule has 1 fully saturated rings. The topological polar surface area (TPSA) is 162 Å². The van der Waals surface area contributed by atoms with Crippen LogP contribution >= 0.6 is 0 Å². The van der Waals surface area contributed by atoms with Crippen molar-refractivity contribution in [2.45, 2.75) is 77.5 Å². The largest absolute Gasteiger partial charge is 0.480 e. The maximum Gasteiger partial charge on any atom is 0.317 e. The minimum absolute atomic E-state index is 0.240. The van der Waals surface area contributed by atoms with Gasteiger partial charge in [-0.25, -0.2) is 0 Å². The highest BCUT2D eigenvalue weighted by molar-refractivity contribution is 5.70. The first kappa shape index (κ1) is 31.7. The molecule has 1 rings (SSSR count). The van der Waals surface area contributed by atoms with Crippen LogP contribution in [0, 0.1) is 0 Å². The number of carboxylic acids is 4. The molecule has 208 valence electrons. The zero-order chi connectivity index (χ0) is 27.4. The van der Waals surface area contributed by atoms with Crippen LogP contribution in [0.2, 0.25) is 0 Å². The van der Waals surface area contributed by atoms with Crippen LogP contribution in [0.5, 0.6) is 0 Å². The van der Waals surface area contributed by atoms with Gasteiger partial charge in [-0.15, -0.1) is 0 Å². The first-order chi connectivity index (χ1) is 16.9. The molecule has 0 aromatic heterocycles. The maximum absolute atomic E-state index is 11.8. The second kappa shape index (κ2) is 15.7. The van der Waals surface area contributed by atoms with Gasteiger partial charge in [-0.1, -0.05) is 27.7 Å². The lowest BCUT2D eigenvalue weighted by Gasteiger charge is -2.45. The number of nitrogens with zero attached hydrogens (tertiary/aromatic N) is 4. The smallest absolute Gasteiger partial charge is 0.317 e. The Morgan fingerprint density at radius 3 is 0.750 bits per heavy atom. The minimum atomic E-state index is -1.00. The van der Waals surface area contributed by atoms with Gasteiger partial charge in [0, 0.05) is 50.3 Å². The Kier molecular flexibility index (Phi) is 13.9. The van der Waals surface area contributed by atoms with Crippen molar-refractivity contribution in [1.82, 2.24) is 19.6 Å². The predicted molar refractivity (Wildman–Crippen MR) is 133 cm³/mol. The van der Waals surface area contributed by atoms with Crippen LogP contribution in [0.15, 0.2) is 0 Å². The van der Waals surface area contributed by atoms with Gasteiger partial charge in [0.1, 0.15) is 0 Å². The summed E-state index contributed by atoms with van der Waals surface area (Å²) in [7, 11) is 0. The van der Waals surface area contributed by atoms with Gasteiger partial charge in [-0.2, -0.15) is 0 Å². The Balaban J connectivity index is 3.62. The standard InChI is InChI=1S/C24H44N4O8/c1-5-17-9-26(14-22(31)32)19(7-3)11-28(16-24(35)36)20(8-4)12-27(15-23(33)34)18(6-2)10-25(17)13-21(29)30/h17-20H,5-16H2,1-4H3,(H,29,30)(H,31,32)(H,33,34)(H,35,36)/t17-,18?,19?,20?/m0/s1. The Labute approximate surface area is 213 Å². The number of hydrogen-bond donors (Lipinski definition) is 4. The molecular formula is C24H44N4O8. The van der Waals surface area contributed by atoms with Gasteiger partial charge in [0.15, 0.2) is 0 Å². The van der Waals surface area contributed by atoms with Gasteiger partial charge in [0.05, 0.1) is 26.2 Å². The molecule has 0 saturated carbocycles. The molecule has 1 aliphatic heterocycles. The van der Waals surface area contributed by atoms with Crippen LogP contribution in [0.1, 0.15) is 53.4 Å². The van der Waals surface area contributed by atoms with Gasteiger partial charge in [-0.3, -0.25) is 38.8 Å². The lowest BCUT2D eigenvalue weighted by Crippen LogP contribution is -2.59. The van der Waals surface area contributed by atoms with E-state index in [1.165, 1.54) is 0 Å². The Morgan fingerprint density at radius 2 is 0.639 bits per heavy atom. The second-order valence-electron chi connectivity index (χ2n) is 9.54. The molecule has 0 radical (unpaired) electrons. The van der Waals surface area contributed by atoms with E-state index in [-0.39, 0.29) is 50.3 Å². The average molecular weight is 517 g/mol. The van der Waals surface area contributed by atoms with E-state index >= 15 is 0 Å². The van der Waals surface area contributed by atoms with E-state index in [0.29, 0.717) is 51.9 Å². The summed E-state index contributed by atoms with van der Waals surface area (Å²) < 4.78 is 0. The molecule has 1 aliphatic rings. The lowest BCUT2D eigenvalue weighted by molar-refractivity contribution is -0.144. The van der Waals surface area contributed by atoms with E-state index in [1.807, 2.05) is 47.3 Å². The monoisotopic (exact) mass is 516 g/mol. The summed E-state index contributed by atoms with van der Waals surface area (Å²) in [5.41, 5.74) is 0. The molecule has 12 heteroatoms. The van der Waals surface area contributed by atoms with Crippen LogP contribution < -0.4 is 0 Å². The van der Waals surface area contributed by atoms with E-state index in [1.54, 1.807) is 0 Å². The first-order valence-corrected chi connectivity index (χ1v) is 12.8. The number of rotatable bonds is 12. The summed E-state index contributed by atoms with van der Waals surface area (Å²) in [6.07, 6.45) is 2.30. The number of carboxylic acid groups (broad SMARTS) is 4. The molecule has 4 atom stereocenters. The molecule has 0 aromatic rings. The van der Waals surface area contributed by atoms with Gasteiger partial charge in [0.2, 0.25) is 0 Å². The lowest BCUT2D eigenvalue weighted by atomic mass is 10.0. The van der Waals surface area contributed by atoms with E-state index < -0.39 is 23.9 Å². The number of hydrogen-bond acceptors (Lipinski definition) is 8. The number of carbonyl (C=O) groups is 4.